The molecule has 2 aromatic carbocycles. The van der Waals surface area contributed by atoms with Gasteiger partial charge in [0.2, 0.25) is 0 Å². The summed E-state index contributed by atoms with van der Waals surface area (Å²) in [5.74, 6) is 0.328. The van der Waals surface area contributed by atoms with E-state index in [0.29, 0.717) is 5.75 Å². The minimum atomic E-state index is 0. The molecule has 0 aromatic heterocycles. The van der Waals surface area contributed by atoms with Crippen molar-refractivity contribution in [1.82, 2.24) is 0 Å². The average Bonchev–Trinajstić information content (AvgIpc) is 2.20. The number of phenolic OH excluding ortho intramolecular Hbond substituents is 1. The summed E-state index contributed by atoms with van der Waals surface area (Å²) in [7, 11) is 0. The number of hydrogen-bond donors (Lipinski definition) is 1. The average molecular weight is 195 g/mol. The quantitative estimate of drug-likeness (QED) is 0.692. The van der Waals surface area contributed by atoms with E-state index < -0.39 is 0 Å². The summed E-state index contributed by atoms with van der Waals surface area (Å²) in [6.07, 6.45) is 0. The molecule has 1 N–H and O–H groups in total. The maximum absolute atomic E-state index is 9.56. The molecule has 0 spiro atoms. The van der Waals surface area contributed by atoms with E-state index in [0.717, 1.165) is 11.1 Å². The lowest BCUT2D eigenvalue weighted by Gasteiger charge is -2.02. The minimum Gasteiger partial charge on any atom is -0.507 e. The maximum Gasteiger partial charge on any atom is 0.123 e. The summed E-state index contributed by atoms with van der Waals surface area (Å²) < 4.78 is 0. The summed E-state index contributed by atoms with van der Waals surface area (Å²) in [6.45, 7) is 0. The molecule has 2 rings (SSSR count). The molecule has 0 atom stereocenters. The monoisotopic (exact) mass is 194 g/mol. The summed E-state index contributed by atoms with van der Waals surface area (Å²) in [6, 6.07) is 17.2. The van der Waals surface area contributed by atoms with E-state index in [4.69, 9.17) is 0 Å². The maximum atomic E-state index is 9.56. The summed E-state index contributed by atoms with van der Waals surface area (Å²) in [4.78, 5) is 0. The Morgan fingerprint density at radius 1 is 0.714 bits per heavy atom. The van der Waals surface area contributed by atoms with Crippen molar-refractivity contribution in [3.8, 4) is 16.9 Å². The van der Waals surface area contributed by atoms with Crippen LogP contribution in [0.2, 0.25) is 0 Å². The van der Waals surface area contributed by atoms with Crippen LogP contribution in [0.3, 0.4) is 0 Å². The fourth-order valence-corrected chi connectivity index (χ4v) is 1.34. The Bertz CT molecular complexity index is 398. The fraction of sp³-hybridized carbons (Fsp3) is 0. The lowest BCUT2D eigenvalue weighted by Crippen LogP contribution is -1.76. The van der Waals surface area contributed by atoms with Crippen LogP contribution in [0.5, 0.6) is 5.75 Å². The van der Waals surface area contributed by atoms with E-state index in [2.05, 4.69) is 0 Å². The van der Waals surface area contributed by atoms with Crippen molar-refractivity contribution < 1.29 is 5.11 Å². The normalized spacial score (nSPS) is 9.14. The number of rotatable bonds is 1. The summed E-state index contributed by atoms with van der Waals surface area (Å²) in [5.41, 5.74) is 1.92. The van der Waals surface area contributed by atoms with Gasteiger partial charge in [-0.15, -0.1) is 0 Å². The van der Waals surface area contributed by atoms with Crippen molar-refractivity contribution in [2.24, 2.45) is 0 Å². The highest BCUT2D eigenvalue weighted by Crippen LogP contribution is 2.27. The van der Waals surface area contributed by atoms with Gasteiger partial charge in [0.05, 0.1) is 0 Å². The van der Waals surface area contributed by atoms with E-state index >= 15 is 0 Å². The Balaban J connectivity index is 0.000000980. The molecule has 2 heteroatoms. The van der Waals surface area contributed by atoms with Crippen LogP contribution in [0, 0.1) is 0 Å². The molecule has 2 aromatic rings. The molecule has 66 valence electrons. The van der Waals surface area contributed by atoms with E-state index in [9.17, 15) is 5.11 Å². The first-order valence-corrected chi connectivity index (χ1v) is 4.21. The van der Waals surface area contributed by atoms with Crippen LogP contribution in [0.1, 0.15) is 0 Å². The molecular weight excluding hydrogens is 184 g/mol. The van der Waals surface area contributed by atoms with Gasteiger partial charge < -0.3 is 5.11 Å². The predicted molar refractivity (Wildman–Crippen MR) is 59.3 cm³/mol. The minimum absolute atomic E-state index is 0. The lowest BCUT2D eigenvalue weighted by atomic mass is 10.1. The summed E-state index contributed by atoms with van der Waals surface area (Å²) in [5, 5.41) is 9.56. The van der Waals surface area contributed by atoms with Crippen molar-refractivity contribution in [1.29, 1.82) is 0 Å². The Morgan fingerprint density at radius 2 is 1.29 bits per heavy atom. The van der Waals surface area contributed by atoms with Crippen LogP contribution in [-0.2, 0) is 0 Å². The molecule has 0 aliphatic rings. The zero-order chi connectivity index (χ0) is 9.10. The van der Waals surface area contributed by atoms with Crippen molar-refractivity contribution in [2.45, 2.75) is 0 Å². The van der Waals surface area contributed by atoms with Gasteiger partial charge in [-0.2, -0.15) is 0 Å². The molecule has 1 nitrogen and oxygen atoms in total. The topological polar surface area (TPSA) is 20.2 Å². The third-order valence-electron chi connectivity index (χ3n) is 1.99. The fourth-order valence-electron chi connectivity index (χ4n) is 1.34. The van der Waals surface area contributed by atoms with Gasteiger partial charge in [0.15, 0.2) is 0 Å². The molecule has 0 saturated carbocycles. The van der Waals surface area contributed by atoms with Crippen LogP contribution in [-0.4, -0.2) is 28.2 Å². The van der Waals surface area contributed by atoms with Crippen LogP contribution in [0.4, 0.5) is 0 Å². The number of benzene rings is 2. The summed E-state index contributed by atoms with van der Waals surface area (Å²) >= 11 is 0. The number of phenols is 1. The first-order chi connectivity index (χ1) is 6.38. The van der Waals surface area contributed by atoms with Crippen LogP contribution in [0.15, 0.2) is 54.6 Å². The zero-order valence-corrected chi connectivity index (χ0v) is 9.26. The van der Waals surface area contributed by atoms with E-state index in [-0.39, 0.29) is 23.1 Å². The van der Waals surface area contributed by atoms with Gasteiger partial charge in [0.25, 0.3) is 0 Å². The highest BCUT2D eigenvalue weighted by molar-refractivity contribution is 5.75. The molecule has 0 bridgehead atoms. The molecule has 2 radical (unpaired) electrons. The lowest BCUT2D eigenvalue weighted by molar-refractivity contribution is 0.477. The molecule has 0 unspecified atom stereocenters. The van der Waals surface area contributed by atoms with Gasteiger partial charge in [-0.05, 0) is 11.6 Å². The van der Waals surface area contributed by atoms with E-state index in [1.54, 1.807) is 6.07 Å². The predicted octanol–water partition coefficient (Wildman–Crippen LogP) is 2.68. The van der Waals surface area contributed by atoms with Crippen molar-refractivity contribution in [2.75, 3.05) is 0 Å². The highest BCUT2D eigenvalue weighted by Gasteiger charge is 2.00. The third kappa shape index (κ3) is 2.28. The number of para-hydroxylation sites is 1. The van der Waals surface area contributed by atoms with Gasteiger partial charge in [0.1, 0.15) is 5.75 Å². The SMILES string of the molecule is Oc1ccccc1-c1ccccc1.[Mg]. The molecule has 0 heterocycles. The molecule has 0 aliphatic heterocycles. The Hall–Kier alpha value is -0.994. The van der Waals surface area contributed by atoms with E-state index in [1.165, 1.54) is 0 Å². The Kier molecular flexibility index (Phi) is 3.98. The second-order valence-electron chi connectivity index (χ2n) is 2.88. The van der Waals surface area contributed by atoms with Gasteiger partial charge in [-0.25, -0.2) is 0 Å². The second-order valence-corrected chi connectivity index (χ2v) is 2.88. The van der Waals surface area contributed by atoms with Crippen molar-refractivity contribution in [3.05, 3.63) is 54.6 Å². The van der Waals surface area contributed by atoms with Gasteiger partial charge in [-0.1, -0.05) is 48.5 Å². The smallest absolute Gasteiger partial charge is 0.123 e. The van der Waals surface area contributed by atoms with Gasteiger partial charge in [0, 0.05) is 28.6 Å². The molecule has 0 aliphatic carbocycles. The van der Waals surface area contributed by atoms with Gasteiger partial charge >= 0.3 is 0 Å². The molecule has 0 saturated heterocycles. The van der Waals surface area contributed by atoms with E-state index in [1.807, 2.05) is 48.5 Å². The first kappa shape index (κ1) is 11.1. The molecule has 14 heavy (non-hydrogen) atoms. The highest BCUT2D eigenvalue weighted by atomic mass is 24.3. The molecule has 0 amide bonds. The Labute approximate surface area is 99.6 Å². The number of aromatic hydroxyl groups is 1. The molecular formula is C12H10MgO. The van der Waals surface area contributed by atoms with Crippen LogP contribution < -0.4 is 0 Å². The van der Waals surface area contributed by atoms with Crippen molar-refractivity contribution in [3.63, 3.8) is 0 Å². The van der Waals surface area contributed by atoms with Crippen molar-refractivity contribution >= 4 is 23.1 Å². The van der Waals surface area contributed by atoms with Crippen LogP contribution >= 0.6 is 0 Å². The standard InChI is InChI=1S/C12H10O.Mg/c13-12-9-5-4-8-11(12)10-6-2-1-3-7-10;/h1-9,13H;. The van der Waals surface area contributed by atoms with Crippen LogP contribution in [0.25, 0.3) is 11.1 Å². The first-order valence-electron chi connectivity index (χ1n) is 4.21. The molecule has 0 fully saturated rings. The second kappa shape index (κ2) is 5.03. The zero-order valence-electron chi connectivity index (χ0n) is 7.85. The number of hydrogen-bond acceptors (Lipinski definition) is 1. The van der Waals surface area contributed by atoms with Gasteiger partial charge in [-0.3, -0.25) is 0 Å². The largest absolute Gasteiger partial charge is 0.507 e. The Morgan fingerprint density at radius 3 is 1.93 bits per heavy atom. The third-order valence-corrected chi connectivity index (χ3v) is 1.99.